The van der Waals surface area contributed by atoms with Crippen molar-refractivity contribution >= 4 is 49.2 Å². The summed E-state index contributed by atoms with van der Waals surface area (Å²) in [6, 6.07) is 49.7. The lowest BCUT2D eigenvalue weighted by Gasteiger charge is -2.19. The number of allylic oxidation sites excluding steroid dienone is 6. The third-order valence-corrected chi connectivity index (χ3v) is 11.0. The maximum absolute atomic E-state index is 2.51. The van der Waals surface area contributed by atoms with E-state index in [-0.39, 0.29) is 0 Å². The number of fused-ring (bicyclic) bond motifs is 6. The highest BCUT2D eigenvalue weighted by atomic mass is 15.0. The number of hydrogen-bond acceptors (Lipinski definition) is 0. The van der Waals surface area contributed by atoms with Gasteiger partial charge in [-0.05, 0) is 85.2 Å². The molecule has 0 saturated carbocycles. The van der Waals surface area contributed by atoms with Gasteiger partial charge >= 0.3 is 0 Å². The molecule has 2 aliphatic rings. The minimum Gasteiger partial charge on any atom is -0.309 e. The van der Waals surface area contributed by atoms with E-state index in [1.165, 1.54) is 102 Å². The van der Waals surface area contributed by atoms with Crippen LogP contribution in [0.5, 0.6) is 0 Å². The predicted octanol–water partition coefficient (Wildman–Crippen LogP) is 13.1. The summed E-state index contributed by atoms with van der Waals surface area (Å²) in [5, 5.41) is 5.33. The molecule has 6 aromatic carbocycles. The molecule has 2 nitrogen and oxygen atoms in total. The summed E-state index contributed by atoms with van der Waals surface area (Å²) in [5.74, 6) is 0.447. The Balaban J connectivity index is 1.24. The first-order valence-electron chi connectivity index (χ1n) is 18.1. The van der Waals surface area contributed by atoms with Crippen LogP contribution in [0.25, 0.3) is 71.7 Å². The van der Waals surface area contributed by atoms with Crippen LogP contribution in [0.4, 0.5) is 0 Å². The molecule has 1 atom stereocenters. The van der Waals surface area contributed by atoms with Crippen molar-refractivity contribution < 1.29 is 0 Å². The molecule has 2 heteroatoms. The lowest BCUT2D eigenvalue weighted by Crippen LogP contribution is -2.02. The van der Waals surface area contributed by atoms with Gasteiger partial charge in [0.1, 0.15) is 0 Å². The van der Waals surface area contributed by atoms with Crippen molar-refractivity contribution in [1.29, 1.82) is 0 Å². The van der Waals surface area contributed by atoms with Gasteiger partial charge in [-0.2, -0.15) is 0 Å². The van der Waals surface area contributed by atoms with E-state index in [4.69, 9.17) is 0 Å². The van der Waals surface area contributed by atoms with E-state index in [0.717, 1.165) is 12.8 Å². The molecule has 8 aromatic rings. The second-order valence-corrected chi connectivity index (χ2v) is 13.8. The Labute approximate surface area is 292 Å². The summed E-state index contributed by atoms with van der Waals surface area (Å²) in [6.07, 6.45) is 17.4. The van der Waals surface area contributed by atoms with Crippen LogP contribution < -0.4 is 0 Å². The highest BCUT2D eigenvalue weighted by molar-refractivity contribution is 6.15. The molecule has 50 heavy (non-hydrogen) atoms. The summed E-state index contributed by atoms with van der Waals surface area (Å²) in [6.45, 7) is 0. The summed E-state index contributed by atoms with van der Waals surface area (Å²) < 4.78 is 5.01. The van der Waals surface area contributed by atoms with Gasteiger partial charge in [0.25, 0.3) is 0 Å². The molecule has 2 aliphatic carbocycles. The Morgan fingerprint density at radius 1 is 0.480 bits per heavy atom. The monoisotopic (exact) mass is 642 g/mol. The van der Waals surface area contributed by atoms with Crippen molar-refractivity contribution in [2.24, 2.45) is 0 Å². The van der Waals surface area contributed by atoms with Crippen molar-refractivity contribution in [1.82, 2.24) is 9.13 Å². The maximum Gasteiger partial charge on any atom is 0.0547 e. The zero-order valence-electron chi connectivity index (χ0n) is 28.1. The number of nitrogens with zero attached hydrogens (tertiary/aromatic N) is 2. The van der Waals surface area contributed by atoms with Crippen LogP contribution in [0.2, 0.25) is 0 Å². The van der Waals surface area contributed by atoms with Gasteiger partial charge < -0.3 is 9.13 Å². The van der Waals surface area contributed by atoms with Crippen molar-refractivity contribution in [3.05, 3.63) is 175 Å². The van der Waals surface area contributed by atoms with Gasteiger partial charge in [0, 0.05) is 38.6 Å². The number of hydrogen-bond donors (Lipinski definition) is 0. The second-order valence-electron chi connectivity index (χ2n) is 13.8. The van der Waals surface area contributed by atoms with Gasteiger partial charge in [-0.3, -0.25) is 0 Å². The third kappa shape index (κ3) is 4.48. The first kappa shape index (κ1) is 29.1. The van der Waals surface area contributed by atoms with Gasteiger partial charge in [0.05, 0.1) is 33.4 Å². The largest absolute Gasteiger partial charge is 0.309 e. The quantitative estimate of drug-likeness (QED) is 0.165. The van der Waals surface area contributed by atoms with Gasteiger partial charge in [-0.25, -0.2) is 0 Å². The van der Waals surface area contributed by atoms with Gasteiger partial charge in [0.2, 0.25) is 0 Å². The van der Waals surface area contributed by atoms with E-state index in [1.807, 2.05) is 0 Å². The van der Waals surface area contributed by atoms with Crippen molar-refractivity contribution in [3.63, 3.8) is 0 Å². The molecule has 0 radical (unpaired) electrons. The molecule has 10 rings (SSSR count). The third-order valence-electron chi connectivity index (χ3n) is 11.0. The molecule has 0 bridgehead atoms. The molecule has 0 amide bonds. The van der Waals surface area contributed by atoms with E-state index in [9.17, 15) is 0 Å². The average molecular weight is 643 g/mol. The molecule has 2 heterocycles. The highest BCUT2D eigenvalue weighted by Crippen LogP contribution is 2.44. The number of aromatic nitrogens is 2. The number of para-hydroxylation sites is 4. The van der Waals surface area contributed by atoms with Crippen LogP contribution in [-0.4, -0.2) is 9.13 Å². The fourth-order valence-electron chi connectivity index (χ4n) is 8.85. The zero-order valence-corrected chi connectivity index (χ0v) is 28.1. The first-order chi connectivity index (χ1) is 24.9. The Kier molecular flexibility index (Phi) is 6.94. The van der Waals surface area contributed by atoms with Gasteiger partial charge in [-0.15, -0.1) is 0 Å². The van der Waals surface area contributed by atoms with E-state index >= 15 is 0 Å². The Bertz CT molecular complexity index is 2690. The van der Waals surface area contributed by atoms with Gasteiger partial charge in [0.15, 0.2) is 0 Å². The van der Waals surface area contributed by atoms with Crippen LogP contribution in [0.15, 0.2) is 164 Å². The van der Waals surface area contributed by atoms with Crippen LogP contribution in [-0.2, 0) is 0 Å². The molecule has 0 spiro atoms. The Morgan fingerprint density at radius 2 is 1.06 bits per heavy atom. The smallest absolute Gasteiger partial charge is 0.0547 e. The molecule has 2 aromatic heterocycles. The standard InChI is InChI=1S/C48H38N2/c1-3-17-33(18-4-1)35-25-15-31-45-47(35)39-23-9-13-29-43(39)49(45)41-27-11-7-21-37(41)38-22-8-12-28-42(38)50-44-30-14-10-24-40(44)48-36(26-16-32-46(48)50)34-19-5-2-6-20-34/h1,3,5,7-17,19,21-32,34H,2,4,6,18,20H2. The lowest BCUT2D eigenvalue weighted by molar-refractivity contribution is 0.658. The van der Waals surface area contributed by atoms with Crippen LogP contribution in [0.3, 0.4) is 0 Å². The zero-order chi connectivity index (χ0) is 33.0. The molecule has 1 unspecified atom stereocenters. The van der Waals surface area contributed by atoms with E-state index in [1.54, 1.807) is 0 Å². The van der Waals surface area contributed by atoms with Crippen molar-refractivity contribution in [3.8, 4) is 22.5 Å². The summed E-state index contributed by atoms with van der Waals surface area (Å²) in [4.78, 5) is 0. The minimum atomic E-state index is 0.447. The van der Waals surface area contributed by atoms with Crippen LogP contribution in [0.1, 0.15) is 49.1 Å². The van der Waals surface area contributed by atoms with E-state index in [0.29, 0.717) is 5.92 Å². The molecular formula is C48H38N2. The second kappa shape index (κ2) is 11.9. The molecule has 0 saturated heterocycles. The predicted molar refractivity (Wildman–Crippen MR) is 213 cm³/mol. The Hall–Kier alpha value is -5.86. The van der Waals surface area contributed by atoms with Crippen LogP contribution >= 0.6 is 0 Å². The fourth-order valence-corrected chi connectivity index (χ4v) is 8.85. The summed E-state index contributed by atoms with van der Waals surface area (Å²) in [5.41, 5.74) is 14.0. The maximum atomic E-state index is 2.51. The lowest BCUT2D eigenvalue weighted by atomic mass is 9.87. The van der Waals surface area contributed by atoms with Crippen LogP contribution in [0, 0.1) is 0 Å². The van der Waals surface area contributed by atoms with Gasteiger partial charge in [-0.1, -0.05) is 127 Å². The summed E-state index contributed by atoms with van der Waals surface area (Å²) in [7, 11) is 0. The number of benzene rings is 6. The molecule has 0 N–H and O–H groups in total. The average Bonchev–Trinajstić information content (AvgIpc) is 3.72. The van der Waals surface area contributed by atoms with E-state index < -0.39 is 0 Å². The van der Waals surface area contributed by atoms with Crippen molar-refractivity contribution in [2.45, 2.75) is 38.0 Å². The molecule has 0 fully saturated rings. The van der Waals surface area contributed by atoms with Crippen molar-refractivity contribution in [2.75, 3.05) is 0 Å². The highest BCUT2D eigenvalue weighted by Gasteiger charge is 2.23. The normalized spacial score (nSPS) is 16.2. The van der Waals surface area contributed by atoms with E-state index in [2.05, 4.69) is 173 Å². The first-order valence-corrected chi connectivity index (χ1v) is 18.1. The molecule has 240 valence electrons. The Morgan fingerprint density at radius 3 is 1.72 bits per heavy atom. The topological polar surface area (TPSA) is 9.86 Å². The minimum absolute atomic E-state index is 0.447. The molecular weight excluding hydrogens is 605 g/mol. The SMILES string of the molecule is C1=CCCC(c2cccc3c2c2ccccc2n3-c2ccccc2-c2ccccc2-n2c3ccccc3c3c(C4C=CCCC4)cccc32)=C1. The fraction of sp³-hybridized carbons (Fsp3) is 0.125. The summed E-state index contributed by atoms with van der Waals surface area (Å²) >= 11 is 0. The number of rotatable bonds is 5. The molecule has 0 aliphatic heterocycles.